The van der Waals surface area contributed by atoms with Crippen molar-refractivity contribution in [2.24, 2.45) is 0 Å². The van der Waals surface area contributed by atoms with Gasteiger partial charge in [0.25, 0.3) is 5.56 Å². The topological polar surface area (TPSA) is 60.7 Å². The molecule has 3 rings (SSSR count). The van der Waals surface area contributed by atoms with Crippen LogP contribution in [0, 0.1) is 0 Å². The third-order valence-corrected chi connectivity index (χ3v) is 5.37. The summed E-state index contributed by atoms with van der Waals surface area (Å²) in [5, 5.41) is 3.98. The van der Waals surface area contributed by atoms with Crippen molar-refractivity contribution in [2.75, 3.05) is 6.61 Å². The van der Waals surface area contributed by atoms with Gasteiger partial charge in [-0.2, -0.15) is 9.61 Å². The summed E-state index contributed by atoms with van der Waals surface area (Å²) >= 11 is 6.15. The third kappa shape index (κ3) is 2.66. The van der Waals surface area contributed by atoms with Gasteiger partial charge in [0, 0.05) is 4.88 Å². The zero-order valence-corrected chi connectivity index (χ0v) is 14.0. The molecule has 21 heavy (non-hydrogen) atoms. The van der Waals surface area contributed by atoms with E-state index in [-0.39, 0.29) is 12.2 Å². The van der Waals surface area contributed by atoms with E-state index in [4.69, 9.17) is 4.74 Å². The molecule has 0 fully saturated rings. The number of hydrogen-bond acceptors (Lipinski definition) is 6. The van der Waals surface area contributed by atoms with Crippen LogP contribution in [0.1, 0.15) is 22.2 Å². The number of carbonyl (C=O) groups is 1. The van der Waals surface area contributed by atoms with Crippen molar-refractivity contribution in [3.8, 4) is 0 Å². The molecular formula is C13H9BrN2O3S2. The molecule has 0 spiro atoms. The van der Waals surface area contributed by atoms with Gasteiger partial charge in [0.2, 0.25) is 0 Å². The normalized spacial score (nSPS) is 12.2. The summed E-state index contributed by atoms with van der Waals surface area (Å²) in [4.78, 5) is 25.5. The van der Waals surface area contributed by atoms with Crippen LogP contribution in [0.3, 0.4) is 0 Å². The standard InChI is InChI=1S/C13H9BrN2O3S2/c1-2-19-13(18)8-6-15-16-11(17)9(21-12(8)16)5-7-3-4-10(14)20-7/h3-6H,2H2,1H3/b9-5-. The Morgan fingerprint density at radius 3 is 2.95 bits per heavy atom. The molecule has 0 saturated carbocycles. The van der Waals surface area contributed by atoms with Crippen molar-refractivity contribution < 1.29 is 9.53 Å². The number of thiophene rings is 1. The van der Waals surface area contributed by atoms with Crippen LogP contribution in [-0.4, -0.2) is 22.2 Å². The van der Waals surface area contributed by atoms with Gasteiger partial charge >= 0.3 is 5.97 Å². The molecule has 0 bridgehead atoms. The van der Waals surface area contributed by atoms with Crippen LogP contribution in [0.4, 0.5) is 0 Å². The Morgan fingerprint density at radius 2 is 2.29 bits per heavy atom. The summed E-state index contributed by atoms with van der Waals surface area (Å²) in [5.74, 6) is -0.459. The number of thiazole rings is 1. The van der Waals surface area contributed by atoms with Crippen LogP contribution in [-0.2, 0) is 4.74 Å². The van der Waals surface area contributed by atoms with Crippen molar-refractivity contribution in [1.29, 1.82) is 0 Å². The van der Waals surface area contributed by atoms with Crippen LogP contribution in [0.5, 0.6) is 0 Å². The van der Waals surface area contributed by atoms with Crippen molar-refractivity contribution in [1.82, 2.24) is 9.61 Å². The van der Waals surface area contributed by atoms with Crippen molar-refractivity contribution >= 4 is 55.5 Å². The monoisotopic (exact) mass is 384 g/mol. The molecule has 5 nitrogen and oxygen atoms in total. The van der Waals surface area contributed by atoms with Gasteiger partial charge in [0.15, 0.2) is 0 Å². The first-order valence-corrected chi connectivity index (χ1v) is 8.47. The summed E-state index contributed by atoms with van der Waals surface area (Å²) in [6.07, 6.45) is 3.17. The molecule has 0 aliphatic rings. The highest BCUT2D eigenvalue weighted by Gasteiger charge is 2.17. The van der Waals surface area contributed by atoms with E-state index in [0.717, 1.165) is 8.66 Å². The summed E-state index contributed by atoms with van der Waals surface area (Å²) < 4.78 is 7.74. The first-order valence-electron chi connectivity index (χ1n) is 6.05. The van der Waals surface area contributed by atoms with Gasteiger partial charge in [-0.05, 0) is 41.1 Å². The molecule has 8 heteroatoms. The number of hydrogen-bond donors (Lipinski definition) is 0. The van der Waals surface area contributed by atoms with E-state index < -0.39 is 5.97 Å². The Bertz CT molecular complexity index is 925. The second-order valence-corrected chi connectivity index (χ2v) is 7.58. The first kappa shape index (κ1) is 14.4. The highest BCUT2D eigenvalue weighted by atomic mass is 79.9. The molecule has 0 radical (unpaired) electrons. The molecule has 3 heterocycles. The Morgan fingerprint density at radius 1 is 1.48 bits per heavy atom. The first-order chi connectivity index (χ1) is 10.1. The highest BCUT2D eigenvalue weighted by Crippen LogP contribution is 2.22. The molecule has 0 amide bonds. The fourth-order valence-corrected chi connectivity index (χ4v) is 4.28. The Kier molecular flexibility index (Phi) is 3.92. The molecule has 3 aromatic rings. The van der Waals surface area contributed by atoms with Crippen LogP contribution >= 0.6 is 38.6 Å². The Balaban J connectivity index is 2.14. The molecule has 0 saturated heterocycles. The largest absolute Gasteiger partial charge is 0.462 e. The van der Waals surface area contributed by atoms with Gasteiger partial charge in [0.1, 0.15) is 10.4 Å². The van der Waals surface area contributed by atoms with E-state index in [0.29, 0.717) is 14.9 Å². The fraction of sp³-hybridized carbons (Fsp3) is 0.154. The molecule has 0 unspecified atom stereocenters. The van der Waals surface area contributed by atoms with E-state index in [1.54, 1.807) is 13.0 Å². The quantitative estimate of drug-likeness (QED) is 0.650. The number of esters is 1. The lowest BCUT2D eigenvalue weighted by atomic mass is 10.4. The smallest absolute Gasteiger partial charge is 0.342 e. The van der Waals surface area contributed by atoms with Gasteiger partial charge in [-0.3, -0.25) is 4.79 Å². The van der Waals surface area contributed by atoms with Crippen LogP contribution in [0.15, 0.2) is 26.9 Å². The van der Waals surface area contributed by atoms with Gasteiger partial charge in [-0.1, -0.05) is 0 Å². The summed E-state index contributed by atoms with van der Waals surface area (Å²) in [6, 6.07) is 3.84. The highest BCUT2D eigenvalue weighted by molar-refractivity contribution is 9.11. The summed E-state index contributed by atoms with van der Waals surface area (Å²) in [6.45, 7) is 2.02. The lowest BCUT2D eigenvalue weighted by Crippen LogP contribution is -2.23. The molecule has 3 aromatic heterocycles. The third-order valence-electron chi connectivity index (χ3n) is 2.70. The lowest BCUT2D eigenvalue weighted by Gasteiger charge is -1.96. The van der Waals surface area contributed by atoms with Crippen molar-refractivity contribution in [3.63, 3.8) is 0 Å². The SMILES string of the molecule is CCOC(=O)c1cnn2c(=O)/c(=C/c3ccc(Br)s3)sc12. The number of rotatable bonds is 3. The number of nitrogens with zero attached hydrogens (tertiary/aromatic N) is 2. The summed E-state index contributed by atoms with van der Waals surface area (Å²) in [5.41, 5.74) is 0.0982. The van der Waals surface area contributed by atoms with E-state index in [2.05, 4.69) is 21.0 Å². The second-order valence-electron chi connectivity index (χ2n) is 4.05. The van der Waals surface area contributed by atoms with Crippen LogP contribution in [0.25, 0.3) is 10.9 Å². The van der Waals surface area contributed by atoms with Crippen LogP contribution < -0.4 is 10.1 Å². The van der Waals surface area contributed by atoms with Gasteiger partial charge in [-0.25, -0.2) is 4.79 Å². The molecule has 0 aromatic carbocycles. The number of fused-ring (bicyclic) bond motifs is 1. The average molecular weight is 385 g/mol. The second kappa shape index (κ2) is 5.70. The number of ether oxygens (including phenoxy) is 1. The van der Waals surface area contributed by atoms with Crippen LogP contribution in [0.2, 0.25) is 0 Å². The minimum absolute atomic E-state index is 0.227. The van der Waals surface area contributed by atoms with E-state index >= 15 is 0 Å². The van der Waals surface area contributed by atoms with Crippen molar-refractivity contribution in [3.05, 3.63) is 47.4 Å². The zero-order valence-electron chi connectivity index (χ0n) is 10.8. The van der Waals surface area contributed by atoms with E-state index in [1.165, 1.54) is 33.4 Å². The minimum Gasteiger partial charge on any atom is -0.462 e. The molecule has 0 atom stereocenters. The minimum atomic E-state index is -0.459. The number of halogens is 1. The lowest BCUT2D eigenvalue weighted by molar-refractivity contribution is 0.0529. The maximum atomic E-state index is 12.3. The molecule has 0 N–H and O–H groups in total. The van der Waals surface area contributed by atoms with Gasteiger partial charge < -0.3 is 4.74 Å². The predicted octanol–water partition coefficient (Wildman–Crippen LogP) is 2.30. The van der Waals surface area contributed by atoms with Gasteiger partial charge in [-0.15, -0.1) is 22.7 Å². The summed E-state index contributed by atoms with van der Waals surface area (Å²) in [7, 11) is 0. The average Bonchev–Trinajstić information content (AvgIpc) is 3.10. The maximum absolute atomic E-state index is 12.3. The number of carbonyl (C=O) groups excluding carboxylic acids is 1. The maximum Gasteiger partial charge on any atom is 0.342 e. The zero-order chi connectivity index (χ0) is 15.0. The van der Waals surface area contributed by atoms with Gasteiger partial charge in [0.05, 0.1) is 21.1 Å². The van der Waals surface area contributed by atoms with E-state index in [9.17, 15) is 9.59 Å². The molecule has 0 aliphatic heterocycles. The molecular weight excluding hydrogens is 376 g/mol. The predicted molar refractivity (Wildman–Crippen MR) is 86.1 cm³/mol. The van der Waals surface area contributed by atoms with E-state index in [1.807, 2.05) is 12.1 Å². The number of aromatic nitrogens is 2. The Hall–Kier alpha value is -1.51. The molecule has 0 aliphatic carbocycles. The Labute approximate surface area is 135 Å². The fourth-order valence-electron chi connectivity index (χ4n) is 1.81. The van der Waals surface area contributed by atoms with Crippen molar-refractivity contribution in [2.45, 2.75) is 6.92 Å². The molecule has 108 valence electrons.